The van der Waals surface area contributed by atoms with Crippen molar-refractivity contribution in [3.05, 3.63) is 48.3 Å². The van der Waals surface area contributed by atoms with Gasteiger partial charge < -0.3 is 10.1 Å². The van der Waals surface area contributed by atoms with E-state index in [2.05, 4.69) is 28.4 Å². The van der Waals surface area contributed by atoms with Crippen LogP contribution < -0.4 is 5.32 Å². The second-order valence-corrected chi connectivity index (χ2v) is 7.77. The van der Waals surface area contributed by atoms with Crippen molar-refractivity contribution < 1.29 is 21.9 Å². The van der Waals surface area contributed by atoms with Crippen molar-refractivity contribution >= 4 is 15.8 Å². The zero-order valence-corrected chi connectivity index (χ0v) is 15.2. The summed E-state index contributed by atoms with van der Waals surface area (Å²) >= 11 is 0. The maximum absolute atomic E-state index is 12.5. The molecule has 0 radical (unpaired) electrons. The summed E-state index contributed by atoms with van der Waals surface area (Å²) < 4.78 is 54.6. The summed E-state index contributed by atoms with van der Waals surface area (Å²) in [6.45, 7) is 6.57. The molecule has 1 aromatic heterocycles. The fourth-order valence-electron chi connectivity index (χ4n) is 2.67. The van der Waals surface area contributed by atoms with Crippen LogP contribution in [0.25, 0.3) is 0 Å². The monoisotopic (exact) mass is 385 g/mol. The molecule has 0 bridgehead atoms. The van der Waals surface area contributed by atoms with Gasteiger partial charge in [-0.1, -0.05) is 25.3 Å². The van der Waals surface area contributed by atoms with Crippen LogP contribution in [0, 0.1) is 0 Å². The molecule has 1 atom stereocenters. The molecule has 1 heterocycles. The zero-order chi connectivity index (χ0) is 19.3. The lowest BCUT2D eigenvalue weighted by Gasteiger charge is -2.26. The standard InChI is InChI=1S/C17H21F2N3O3S/c1-4-5-7-11(2)20-17-21-15-12(16(22-17)26(3,23)24)8-6-9-13(15)25-10-14(18)19/h4-5,7,13-14H,1-2,6,8-10H2,3H3,(H,20,21,22)/b7-5-. The Morgan fingerprint density at radius 3 is 2.81 bits per heavy atom. The third kappa shape index (κ3) is 5.18. The van der Waals surface area contributed by atoms with Gasteiger partial charge in [0, 0.05) is 17.5 Å². The molecule has 0 aliphatic heterocycles. The molecule has 0 saturated heterocycles. The summed E-state index contributed by atoms with van der Waals surface area (Å²) in [5.74, 6) is 0.0236. The minimum absolute atomic E-state index is 0.0236. The predicted octanol–water partition coefficient (Wildman–Crippen LogP) is 3.21. The first kappa shape index (κ1) is 20.2. The minimum atomic E-state index is -3.63. The van der Waals surface area contributed by atoms with Crippen LogP contribution in [0.5, 0.6) is 0 Å². The Hall–Kier alpha value is -2.13. The Bertz CT molecular complexity index is 823. The lowest BCUT2D eigenvalue weighted by molar-refractivity contribution is -0.0331. The number of allylic oxidation sites excluding steroid dienone is 3. The van der Waals surface area contributed by atoms with Gasteiger partial charge in [-0.2, -0.15) is 0 Å². The third-order valence-corrected chi connectivity index (χ3v) is 4.72. The van der Waals surface area contributed by atoms with Gasteiger partial charge in [-0.3, -0.25) is 0 Å². The number of nitrogens with zero attached hydrogens (tertiary/aromatic N) is 2. The number of alkyl halides is 2. The van der Waals surface area contributed by atoms with E-state index in [4.69, 9.17) is 4.74 Å². The molecule has 1 aliphatic rings. The van der Waals surface area contributed by atoms with E-state index in [1.807, 2.05) is 0 Å². The summed E-state index contributed by atoms with van der Waals surface area (Å²) in [4.78, 5) is 8.42. The SMILES string of the molecule is C=C/C=C\C(=C)Nc1nc2c(c(S(C)(=O)=O)n1)CCCC2OCC(F)F. The Labute approximate surface area is 151 Å². The third-order valence-electron chi connectivity index (χ3n) is 3.68. The number of anilines is 1. The largest absolute Gasteiger partial charge is 0.366 e. The lowest BCUT2D eigenvalue weighted by atomic mass is 9.95. The molecule has 0 fully saturated rings. The number of nitrogens with one attached hydrogen (secondary N) is 1. The molecule has 1 aliphatic carbocycles. The van der Waals surface area contributed by atoms with Crippen LogP contribution in [0.15, 0.2) is 42.1 Å². The first-order valence-corrected chi connectivity index (χ1v) is 9.87. The van der Waals surface area contributed by atoms with E-state index in [1.165, 1.54) is 0 Å². The summed E-state index contributed by atoms with van der Waals surface area (Å²) in [6, 6.07) is 0. The van der Waals surface area contributed by atoms with Gasteiger partial charge in [0.25, 0.3) is 6.43 Å². The molecule has 0 spiro atoms. The highest BCUT2D eigenvalue weighted by Gasteiger charge is 2.30. The molecule has 1 aromatic rings. The summed E-state index contributed by atoms with van der Waals surface area (Å²) in [5.41, 5.74) is 1.18. The maximum Gasteiger partial charge on any atom is 0.261 e. The summed E-state index contributed by atoms with van der Waals surface area (Å²) in [5, 5.41) is 2.69. The van der Waals surface area contributed by atoms with Gasteiger partial charge in [0.1, 0.15) is 12.7 Å². The first-order valence-electron chi connectivity index (χ1n) is 7.98. The van der Waals surface area contributed by atoms with Gasteiger partial charge >= 0.3 is 0 Å². The Morgan fingerprint density at radius 1 is 1.46 bits per heavy atom. The number of ether oxygens (including phenoxy) is 1. The molecule has 1 N–H and O–H groups in total. The molecule has 0 aromatic carbocycles. The molecule has 2 rings (SSSR count). The van der Waals surface area contributed by atoms with Crippen molar-refractivity contribution in [2.24, 2.45) is 0 Å². The van der Waals surface area contributed by atoms with E-state index >= 15 is 0 Å². The second kappa shape index (κ2) is 8.50. The lowest BCUT2D eigenvalue weighted by Crippen LogP contribution is -2.22. The Morgan fingerprint density at radius 2 is 2.19 bits per heavy atom. The van der Waals surface area contributed by atoms with Crippen molar-refractivity contribution in [2.75, 3.05) is 18.2 Å². The van der Waals surface area contributed by atoms with Crippen LogP contribution in [-0.2, 0) is 21.0 Å². The molecule has 9 heteroatoms. The van der Waals surface area contributed by atoms with Crippen LogP contribution in [0.4, 0.5) is 14.7 Å². The average molecular weight is 385 g/mol. The summed E-state index contributed by atoms with van der Waals surface area (Å²) in [7, 11) is -3.63. The minimum Gasteiger partial charge on any atom is -0.366 e. The van der Waals surface area contributed by atoms with Crippen LogP contribution in [0.2, 0.25) is 0 Å². The molecule has 142 valence electrons. The first-order chi connectivity index (χ1) is 12.2. The number of halogens is 2. The van der Waals surface area contributed by atoms with E-state index in [1.54, 1.807) is 18.2 Å². The van der Waals surface area contributed by atoms with Crippen LogP contribution >= 0.6 is 0 Å². The maximum atomic E-state index is 12.5. The van der Waals surface area contributed by atoms with Gasteiger partial charge in [-0.05, 0) is 25.3 Å². The fourth-order valence-corrected chi connectivity index (χ4v) is 3.57. The number of fused-ring (bicyclic) bond motifs is 1. The van der Waals surface area contributed by atoms with Crippen LogP contribution in [0.3, 0.4) is 0 Å². The van der Waals surface area contributed by atoms with Crippen molar-refractivity contribution in [1.82, 2.24) is 9.97 Å². The molecule has 26 heavy (non-hydrogen) atoms. The highest BCUT2D eigenvalue weighted by atomic mass is 32.2. The normalized spacial score (nSPS) is 17.3. The number of rotatable bonds is 8. The molecule has 0 amide bonds. The zero-order valence-electron chi connectivity index (χ0n) is 14.4. The second-order valence-electron chi connectivity index (χ2n) is 5.84. The van der Waals surface area contributed by atoms with E-state index in [-0.39, 0.29) is 11.0 Å². The topological polar surface area (TPSA) is 81.2 Å². The number of aromatic nitrogens is 2. The predicted molar refractivity (Wildman–Crippen MR) is 94.9 cm³/mol. The molecular weight excluding hydrogens is 364 g/mol. The molecule has 0 saturated carbocycles. The van der Waals surface area contributed by atoms with E-state index in [0.717, 1.165) is 6.26 Å². The Kier molecular flexibility index (Phi) is 6.60. The van der Waals surface area contributed by atoms with Crippen LogP contribution in [0.1, 0.15) is 30.2 Å². The highest BCUT2D eigenvalue weighted by molar-refractivity contribution is 7.90. The van der Waals surface area contributed by atoms with Gasteiger partial charge in [0.05, 0.1) is 5.69 Å². The van der Waals surface area contributed by atoms with Crippen molar-refractivity contribution in [2.45, 2.75) is 36.8 Å². The molecule has 6 nitrogen and oxygen atoms in total. The molecule has 1 unspecified atom stereocenters. The smallest absolute Gasteiger partial charge is 0.261 e. The fraction of sp³-hybridized carbons (Fsp3) is 0.412. The van der Waals surface area contributed by atoms with E-state index in [0.29, 0.717) is 36.2 Å². The quantitative estimate of drug-likeness (QED) is 0.547. The number of hydrogen-bond donors (Lipinski definition) is 1. The average Bonchev–Trinajstić information content (AvgIpc) is 2.56. The number of hydrogen-bond acceptors (Lipinski definition) is 6. The summed E-state index contributed by atoms with van der Waals surface area (Å²) in [6.07, 6.45) is 4.08. The van der Waals surface area contributed by atoms with Crippen molar-refractivity contribution in [1.29, 1.82) is 0 Å². The van der Waals surface area contributed by atoms with Crippen LogP contribution in [-0.4, -0.2) is 37.7 Å². The van der Waals surface area contributed by atoms with E-state index < -0.39 is 29.0 Å². The van der Waals surface area contributed by atoms with Crippen molar-refractivity contribution in [3.63, 3.8) is 0 Å². The van der Waals surface area contributed by atoms with Gasteiger partial charge in [-0.25, -0.2) is 27.2 Å². The molecular formula is C17H21F2N3O3S. The van der Waals surface area contributed by atoms with Gasteiger partial charge in [-0.15, -0.1) is 0 Å². The van der Waals surface area contributed by atoms with Crippen molar-refractivity contribution in [3.8, 4) is 0 Å². The highest BCUT2D eigenvalue weighted by Crippen LogP contribution is 2.35. The van der Waals surface area contributed by atoms with Gasteiger partial charge in [0.2, 0.25) is 5.95 Å². The number of sulfone groups is 1. The van der Waals surface area contributed by atoms with Gasteiger partial charge in [0.15, 0.2) is 14.9 Å². The van der Waals surface area contributed by atoms with E-state index in [9.17, 15) is 17.2 Å². The Balaban J connectivity index is 2.45.